The minimum absolute atomic E-state index is 0.124. The summed E-state index contributed by atoms with van der Waals surface area (Å²) in [6.45, 7) is -0.398. The molecule has 1 aliphatic rings. The summed E-state index contributed by atoms with van der Waals surface area (Å²) in [6.07, 6.45) is -1.93. The fourth-order valence-electron chi connectivity index (χ4n) is 4.00. The third-order valence-electron chi connectivity index (χ3n) is 5.40. The third kappa shape index (κ3) is 3.25. The lowest BCUT2D eigenvalue weighted by Gasteiger charge is -2.33. The molecule has 1 aromatic heterocycles. The Labute approximate surface area is 160 Å². The minimum Gasteiger partial charge on any atom is -0.337 e. The molecule has 0 N–H and O–H groups in total. The molecular formula is C21H20F3N3O. The zero-order chi connectivity index (χ0) is 19.9. The number of aromatic nitrogens is 2. The van der Waals surface area contributed by atoms with E-state index in [0.29, 0.717) is 5.52 Å². The topological polar surface area (TPSA) is 38.1 Å². The fourth-order valence-corrected chi connectivity index (χ4v) is 4.00. The SMILES string of the molecule is CN(C(=O)Cn1c(C(F)(F)F)nc2ccccc21)C1CCCc2ccccc21. The number of halogens is 3. The normalized spacial score (nSPS) is 16.8. The van der Waals surface area contributed by atoms with Gasteiger partial charge in [0.2, 0.25) is 11.7 Å². The number of rotatable bonds is 3. The third-order valence-corrected chi connectivity index (χ3v) is 5.40. The smallest absolute Gasteiger partial charge is 0.337 e. The van der Waals surface area contributed by atoms with Gasteiger partial charge in [-0.1, -0.05) is 36.4 Å². The van der Waals surface area contributed by atoms with Gasteiger partial charge in [-0.15, -0.1) is 0 Å². The molecule has 0 aliphatic heterocycles. The average molecular weight is 387 g/mol. The van der Waals surface area contributed by atoms with Crippen LogP contribution in [0.25, 0.3) is 11.0 Å². The highest BCUT2D eigenvalue weighted by atomic mass is 19.4. The van der Waals surface area contributed by atoms with E-state index in [4.69, 9.17) is 0 Å². The van der Waals surface area contributed by atoms with E-state index < -0.39 is 18.5 Å². The predicted octanol–water partition coefficient (Wildman–Crippen LogP) is 4.59. The first-order valence-electron chi connectivity index (χ1n) is 9.22. The van der Waals surface area contributed by atoms with Crippen molar-refractivity contribution in [2.24, 2.45) is 0 Å². The summed E-state index contributed by atoms with van der Waals surface area (Å²) in [7, 11) is 1.67. The summed E-state index contributed by atoms with van der Waals surface area (Å²) in [5.74, 6) is -1.41. The van der Waals surface area contributed by atoms with E-state index in [9.17, 15) is 18.0 Å². The second-order valence-electron chi connectivity index (χ2n) is 7.12. The highest BCUT2D eigenvalue weighted by molar-refractivity contribution is 5.81. The van der Waals surface area contributed by atoms with Gasteiger partial charge in [-0.2, -0.15) is 13.2 Å². The van der Waals surface area contributed by atoms with Crippen LogP contribution in [0.4, 0.5) is 13.2 Å². The van der Waals surface area contributed by atoms with Crippen molar-refractivity contribution in [1.82, 2.24) is 14.5 Å². The van der Waals surface area contributed by atoms with Crippen LogP contribution in [0, 0.1) is 0 Å². The molecule has 2 aromatic carbocycles. The fraction of sp³-hybridized carbons (Fsp3) is 0.333. The molecule has 1 amide bonds. The lowest BCUT2D eigenvalue weighted by molar-refractivity contribution is -0.148. The molecule has 1 unspecified atom stereocenters. The van der Waals surface area contributed by atoms with Crippen LogP contribution in [0.1, 0.15) is 35.8 Å². The molecule has 0 radical (unpaired) electrons. The van der Waals surface area contributed by atoms with E-state index in [2.05, 4.69) is 4.98 Å². The van der Waals surface area contributed by atoms with E-state index in [1.807, 2.05) is 24.3 Å². The Hall–Kier alpha value is -2.83. The number of hydrogen-bond acceptors (Lipinski definition) is 2. The molecule has 0 saturated heterocycles. The van der Waals surface area contributed by atoms with E-state index in [0.717, 1.165) is 29.4 Å². The van der Waals surface area contributed by atoms with Gasteiger partial charge in [0.25, 0.3) is 0 Å². The number of imidazole rings is 1. The van der Waals surface area contributed by atoms with E-state index in [1.54, 1.807) is 30.1 Å². The lowest BCUT2D eigenvalue weighted by Crippen LogP contribution is -2.36. The van der Waals surface area contributed by atoms with Crippen molar-refractivity contribution >= 4 is 16.9 Å². The average Bonchev–Trinajstić information content (AvgIpc) is 3.06. The highest BCUT2D eigenvalue weighted by Crippen LogP contribution is 2.35. The van der Waals surface area contributed by atoms with Crippen LogP contribution in [0.3, 0.4) is 0 Å². The van der Waals surface area contributed by atoms with Crippen LogP contribution in [0.2, 0.25) is 0 Å². The largest absolute Gasteiger partial charge is 0.449 e. The van der Waals surface area contributed by atoms with Crippen LogP contribution in [0.15, 0.2) is 48.5 Å². The maximum absolute atomic E-state index is 13.5. The number of carbonyl (C=O) groups excluding carboxylic acids is 1. The Kier molecular flexibility index (Phi) is 4.61. The van der Waals surface area contributed by atoms with E-state index in [-0.39, 0.29) is 17.5 Å². The van der Waals surface area contributed by atoms with Gasteiger partial charge in [0.15, 0.2) is 0 Å². The van der Waals surface area contributed by atoms with Gasteiger partial charge in [-0.25, -0.2) is 4.98 Å². The lowest BCUT2D eigenvalue weighted by atomic mass is 9.87. The van der Waals surface area contributed by atoms with Crippen molar-refractivity contribution in [2.75, 3.05) is 7.05 Å². The first kappa shape index (κ1) is 18.5. The molecule has 0 saturated carbocycles. The van der Waals surface area contributed by atoms with Crippen LogP contribution in [-0.2, 0) is 23.9 Å². The number of hydrogen-bond donors (Lipinski definition) is 0. The van der Waals surface area contributed by atoms with Crippen molar-refractivity contribution < 1.29 is 18.0 Å². The summed E-state index contributed by atoms with van der Waals surface area (Å²) >= 11 is 0. The van der Waals surface area contributed by atoms with Crippen LogP contribution in [0.5, 0.6) is 0 Å². The van der Waals surface area contributed by atoms with E-state index >= 15 is 0 Å². The molecule has 0 bridgehead atoms. The monoisotopic (exact) mass is 387 g/mol. The molecule has 0 fully saturated rings. The number of amides is 1. The molecule has 4 nitrogen and oxygen atoms in total. The molecule has 3 aromatic rings. The van der Waals surface area contributed by atoms with E-state index in [1.165, 1.54) is 11.6 Å². The van der Waals surface area contributed by atoms with Crippen molar-refractivity contribution in [3.63, 3.8) is 0 Å². The van der Waals surface area contributed by atoms with Crippen LogP contribution < -0.4 is 0 Å². The first-order chi connectivity index (χ1) is 13.4. The van der Waals surface area contributed by atoms with Gasteiger partial charge in [-0.3, -0.25) is 4.79 Å². The Morgan fingerprint density at radius 3 is 2.68 bits per heavy atom. The molecule has 1 aliphatic carbocycles. The summed E-state index contributed by atoms with van der Waals surface area (Å²) in [6, 6.07) is 14.2. The Bertz CT molecular complexity index is 1030. The number of nitrogens with zero attached hydrogens (tertiary/aromatic N) is 3. The first-order valence-corrected chi connectivity index (χ1v) is 9.22. The number of para-hydroxylation sites is 2. The van der Waals surface area contributed by atoms with Gasteiger partial charge in [0, 0.05) is 7.05 Å². The Balaban J connectivity index is 1.66. The molecule has 28 heavy (non-hydrogen) atoms. The highest BCUT2D eigenvalue weighted by Gasteiger charge is 2.38. The van der Waals surface area contributed by atoms with Gasteiger partial charge in [-0.05, 0) is 42.5 Å². The second-order valence-corrected chi connectivity index (χ2v) is 7.12. The van der Waals surface area contributed by atoms with Crippen molar-refractivity contribution in [1.29, 1.82) is 0 Å². The molecule has 1 atom stereocenters. The minimum atomic E-state index is -4.63. The zero-order valence-electron chi connectivity index (χ0n) is 15.4. The molecule has 4 rings (SSSR count). The van der Waals surface area contributed by atoms with Gasteiger partial charge in [0.05, 0.1) is 17.1 Å². The summed E-state index contributed by atoms with van der Waals surface area (Å²) in [4.78, 5) is 18.2. The zero-order valence-corrected chi connectivity index (χ0v) is 15.4. The van der Waals surface area contributed by atoms with Gasteiger partial charge >= 0.3 is 6.18 Å². The summed E-state index contributed by atoms with van der Waals surface area (Å²) in [5, 5.41) is 0. The molecule has 0 spiro atoms. The van der Waals surface area contributed by atoms with Gasteiger partial charge < -0.3 is 9.47 Å². The number of carbonyl (C=O) groups is 1. The number of aryl methyl sites for hydroxylation is 1. The molecule has 1 heterocycles. The van der Waals surface area contributed by atoms with Gasteiger partial charge in [0.1, 0.15) is 6.54 Å². The standard InChI is InChI=1S/C21H20F3N3O/c1-26(17-12-6-8-14-7-2-3-9-15(14)17)19(28)13-27-18-11-5-4-10-16(18)25-20(27)21(22,23)24/h2-5,7,9-11,17H,6,8,12-13H2,1H3. The van der Waals surface area contributed by atoms with Crippen LogP contribution in [-0.4, -0.2) is 27.4 Å². The molecular weight excluding hydrogens is 367 g/mol. The molecule has 7 heteroatoms. The van der Waals surface area contributed by atoms with Crippen molar-refractivity contribution in [3.8, 4) is 0 Å². The molecule has 146 valence electrons. The number of fused-ring (bicyclic) bond motifs is 2. The number of alkyl halides is 3. The quantitative estimate of drug-likeness (QED) is 0.659. The van der Waals surface area contributed by atoms with Crippen molar-refractivity contribution in [2.45, 2.75) is 38.0 Å². The van der Waals surface area contributed by atoms with Crippen LogP contribution >= 0.6 is 0 Å². The predicted molar refractivity (Wildman–Crippen MR) is 99.6 cm³/mol. The van der Waals surface area contributed by atoms with Crippen molar-refractivity contribution in [3.05, 3.63) is 65.5 Å². The number of benzene rings is 2. The Morgan fingerprint density at radius 2 is 1.89 bits per heavy atom. The second kappa shape index (κ2) is 6.96. The maximum Gasteiger partial charge on any atom is 0.449 e. The number of likely N-dealkylation sites (N-methyl/N-ethyl adjacent to an activating group) is 1. The Morgan fingerprint density at radius 1 is 1.18 bits per heavy atom. The maximum atomic E-state index is 13.5. The summed E-state index contributed by atoms with van der Waals surface area (Å²) in [5.41, 5.74) is 2.81. The summed E-state index contributed by atoms with van der Waals surface area (Å²) < 4.78 is 41.4.